The smallest absolute Gasteiger partial charge is 0.169 e. The summed E-state index contributed by atoms with van der Waals surface area (Å²) in [6.07, 6.45) is 0. The second kappa shape index (κ2) is 6.72. The largest absolute Gasteiger partial charge is 0.490 e. The molecule has 0 aliphatic rings. The molecule has 0 saturated carbocycles. The molecule has 104 valence electrons. The van der Waals surface area contributed by atoms with Crippen molar-refractivity contribution in [2.75, 3.05) is 6.61 Å². The number of rotatable bonds is 5. The van der Waals surface area contributed by atoms with E-state index in [0.717, 1.165) is 10.0 Å². The van der Waals surface area contributed by atoms with Gasteiger partial charge in [-0.2, -0.15) is 0 Å². The molecule has 2 N–H and O–H groups in total. The van der Waals surface area contributed by atoms with Gasteiger partial charge in [-0.1, -0.05) is 24.4 Å². The minimum absolute atomic E-state index is 0.346. The Kier molecular flexibility index (Phi) is 4.98. The van der Waals surface area contributed by atoms with E-state index in [1.807, 2.05) is 49.4 Å². The van der Waals surface area contributed by atoms with Crippen molar-refractivity contribution in [1.82, 2.24) is 0 Å². The van der Waals surface area contributed by atoms with E-state index < -0.39 is 0 Å². The highest BCUT2D eigenvalue weighted by atomic mass is 79.9. The fourth-order valence-electron chi connectivity index (χ4n) is 1.70. The van der Waals surface area contributed by atoms with Gasteiger partial charge in [0.1, 0.15) is 10.7 Å². The minimum atomic E-state index is 0.346. The molecule has 0 aliphatic heterocycles. The lowest BCUT2D eigenvalue weighted by Crippen LogP contribution is -2.09. The molecule has 0 amide bonds. The van der Waals surface area contributed by atoms with Crippen LogP contribution in [0.15, 0.2) is 46.9 Å². The molecule has 5 heteroatoms. The van der Waals surface area contributed by atoms with Crippen LogP contribution in [0.5, 0.6) is 17.2 Å². The zero-order chi connectivity index (χ0) is 14.5. The van der Waals surface area contributed by atoms with E-state index in [4.69, 9.17) is 27.4 Å². The van der Waals surface area contributed by atoms with Crippen LogP contribution < -0.4 is 15.2 Å². The molecule has 0 radical (unpaired) electrons. The van der Waals surface area contributed by atoms with Gasteiger partial charge in [0, 0.05) is 10.0 Å². The average Bonchev–Trinajstić information content (AvgIpc) is 2.41. The standard InChI is InChI=1S/C15H14BrNO2S/c1-2-18-13-5-3-4-6-14(13)19-10-7-8-11(15(17)20)12(16)9-10/h3-9H,2H2,1H3,(H2,17,20). The minimum Gasteiger partial charge on any atom is -0.490 e. The van der Waals surface area contributed by atoms with Crippen LogP contribution in [0.2, 0.25) is 0 Å². The molecule has 0 saturated heterocycles. The number of thiocarbonyl (C=S) groups is 1. The maximum absolute atomic E-state index is 5.84. The maximum Gasteiger partial charge on any atom is 0.169 e. The Bertz CT molecular complexity index is 631. The second-order valence-corrected chi connectivity index (χ2v) is 5.28. The Labute approximate surface area is 131 Å². The van der Waals surface area contributed by atoms with Crippen molar-refractivity contribution in [3.8, 4) is 17.2 Å². The van der Waals surface area contributed by atoms with Gasteiger partial charge >= 0.3 is 0 Å². The summed E-state index contributed by atoms with van der Waals surface area (Å²) in [5, 5.41) is 0. The van der Waals surface area contributed by atoms with Crippen molar-refractivity contribution in [2.24, 2.45) is 5.73 Å². The predicted octanol–water partition coefficient (Wildman–Crippen LogP) is 4.27. The topological polar surface area (TPSA) is 44.5 Å². The highest BCUT2D eigenvalue weighted by molar-refractivity contribution is 9.10. The van der Waals surface area contributed by atoms with Gasteiger partial charge in [0.2, 0.25) is 0 Å². The summed E-state index contributed by atoms with van der Waals surface area (Å²) < 4.78 is 12.2. The fraction of sp³-hybridized carbons (Fsp3) is 0.133. The molecule has 0 atom stereocenters. The van der Waals surface area contributed by atoms with Crippen LogP contribution in [0.25, 0.3) is 0 Å². The molecule has 3 nitrogen and oxygen atoms in total. The van der Waals surface area contributed by atoms with E-state index in [1.54, 1.807) is 0 Å². The molecule has 0 unspecified atom stereocenters. The SMILES string of the molecule is CCOc1ccccc1Oc1ccc(C(N)=S)c(Br)c1. The number of ether oxygens (including phenoxy) is 2. The van der Waals surface area contributed by atoms with Crippen LogP contribution >= 0.6 is 28.1 Å². The zero-order valence-electron chi connectivity index (χ0n) is 10.9. The Balaban J connectivity index is 2.26. The number of hydrogen-bond donors (Lipinski definition) is 1. The molecule has 0 bridgehead atoms. The number of nitrogens with two attached hydrogens (primary N) is 1. The highest BCUT2D eigenvalue weighted by Crippen LogP contribution is 2.33. The van der Waals surface area contributed by atoms with Crippen molar-refractivity contribution in [3.63, 3.8) is 0 Å². The Hall–Kier alpha value is -1.59. The van der Waals surface area contributed by atoms with Crippen LogP contribution in [-0.4, -0.2) is 11.6 Å². The van der Waals surface area contributed by atoms with Gasteiger partial charge in [0.15, 0.2) is 11.5 Å². The molecular weight excluding hydrogens is 338 g/mol. The van der Waals surface area contributed by atoms with E-state index >= 15 is 0 Å². The number of para-hydroxylation sites is 2. The molecule has 2 rings (SSSR count). The van der Waals surface area contributed by atoms with Gasteiger partial charge in [-0.25, -0.2) is 0 Å². The first-order chi connectivity index (χ1) is 9.61. The fourth-order valence-corrected chi connectivity index (χ4v) is 2.58. The normalized spacial score (nSPS) is 10.1. The van der Waals surface area contributed by atoms with Crippen LogP contribution in [-0.2, 0) is 0 Å². The highest BCUT2D eigenvalue weighted by Gasteiger charge is 2.08. The van der Waals surface area contributed by atoms with Crippen molar-refractivity contribution < 1.29 is 9.47 Å². The summed E-state index contributed by atoms with van der Waals surface area (Å²) in [6, 6.07) is 13.0. The zero-order valence-corrected chi connectivity index (χ0v) is 13.3. The second-order valence-electron chi connectivity index (χ2n) is 3.99. The number of benzene rings is 2. The molecule has 20 heavy (non-hydrogen) atoms. The Morgan fingerprint density at radius 1 is 1.20 bits per heavy atom. The lowest BCUT2D eigenvalue weighted by atomic mass is 10.2. The van der Waals surface area contributed by atoms with Gasteiger partial charge < -0.3 is 15.2 Å². The monoisotopic (exact) mass is 351 g/mol. The van der Waals surface area contributed by atoms with Crippen molar-refractivity contribution in [2.45, 2.75) is 6.92 Å². The Morgan fingerprint density at radius 2 is 1.90 bits per heavy atom. The average molecular weight is 352 g/mol. The predicted molar refractivity (Wildman–Crippen MR) is 87.7 cm³/mol. The molecule has 0 fully saturated rings. The van der Waals surface area contributed by atoms with Crippen LogP contribution in [0.4, 0.5) is 0 Å². The van der Waals surface area contributed by atoms with E-state index in [2.05, 4.69) is 15.9 Å². The van der Waals surface area contributed by atoms with Crippen molar-refractivity contribution in [1.29, 1.82) is 0 Å². The molecule has 0 spiro atoms. The molecule has 0 aromatic heterocycles. The van der Waals surface area contributed by atoms with Gasteiger partial charge in [0.05, 0.1) is 6.61 Å². The van der Waals surface area contributed by atoms with E-state index in [0.29, 0.717) is 28.8 Å². The molecule has 0 heterocycles. The van der Waals surface area contributed by atoms with E-state index in [9.17, 15) is 0 Å². The summed E-state index contributed by atoms with van der Waals surface area (Å²) in [5.41, 5.74) is 6.40. The number of halogens is 1. The third-order valence-corrected chi connectivity index (χ3v) is 3.46. The third-order valence-electron chi connectivity index (χ3n) is 2.58. The lowest BCUT2D eigenvalue weighted by molar-refractivity contribution is 0.321. The summed E-state index contributed by atoms with van der Waals surface area (Å²) >= 11 is 8.40. The quantitative estimate of drug-likeness (QED) is 0.816. The molecule has 2 aromatic carbocycles. The summed E-state index contributed by atoms with van der Waals surface area (Å²) in [5.74, 6) is 2.07. The molecule has 0 aliphatic carbocycles. The van der Waals surface area contributed by atoms with Crippen LogP contribution in [0.1, 0.15) is 12.5 Å². The van der Waals surface area contributed by atoms with Gasteiger partial charge in [-0.15, -0.1) is 0 Å². The first-order valence-electron chi connectivity index (χ1n) is 6.11. The van der Waals surface area contributed by atoms with E-state index in [1.165, 1.54) is 0 Å². The number of hydrogen-bond acceptors (Lipinski definition) is 3. The van der Waals surface area contributed by atoms with Crippen molar-refractivity contribution >= 4 is 33.1 Å². The molecule has 2 aromatic rings. The molecular formula is C15H14BrNO2S. The van der Waals surface area contributed by atoms with Crippen molar-refractivity contribution in [3.05, 3.63) is 52.5 Å². The van der Waals surface area contributed by atoms with Gasteiger partial charge in [-0.3, -0.25) is 0 Å². The third kappa shape index (κ3) is 3.49. The first-order valence-corrected chi connectivity index (χ1v) is 7.31. The van der Waals surface area contributed by atoms with Gasteiger partial charge in [-0.05, 0) is 53.2 Å². The van der Waals surface area contributed by atoms with E-state index in [-0.39, 0.29) is 0 Å². The summed E-state index contributed by atoms with van der Waals surface area (Å²) in [7, 11) is 0. The lowest BCUT2D eigenvalue weighted by Gasteiger charge is -2.12. The Morgan fingerprint density at radius 3 is 2.50 bits per heavy atom. The van der Waals surface area contributed by atoms with Crippen LogP contribution in [0, 0.1) is 0 Å². The van der Waals surface area contributed by atoms with Crippen LogP contribution in [0.3, 0.4) is 0 Å². The van der Waals surface area contributed by atoms with Gasteiger partial charge in [0.25, 0.3) is 0 Å². The summed E-state index contributed by atoms with van der Waals surface area (Å²) in [6.45, 7) is 2.52. The maximum atomic E-state index is 5.84. The summed E-state index contributed by atoms with van der Waals surface area (Å²) in [4.78, 5) is 0.346. The first kappa shape index (κ1) is 14.8.